The molecule has 0 aliphatic rings. The monoisotopic (exact) mass is 299 g/mol. The summed E-state index contributed by atoms with van der Waals surface area (Å²) in [6.07, 6.45) is 0. The first-order valence-electron chi connectivity index (χ1n) is 6.79. The Bertz CT molecular complexity index is 655. The van der Waals surface area contributed by atoms with Crippen LogP contribution in [-0.4, -0.2) is 35.5 Å². The predicted molar refractivity (Wildman–Crippen MR) is 81.3 cm³/mol. The van der Waals surface area contributed by atoms with Gasteiger partial charge in [-0.3, -0.25) is 9.59 Å². The number of carbonyl (C=O) groups excluding carboxylic acids is 2. The second kappa shape index (κ2) is 7.26. The number of ether oxygens (including phenoxy) is 1. The molecule has 0 unspecified atom stereocenters. The summed E-state index contributed by atoms with van der Waals surface area (Å²) in [6.45, 7) is 0.129. The highest BCUT2D eigenvalue weighted by molar-refractivity contribution is 5.96. The molecule has 0 atom stereocenters. The van der Waals surface area contributed by atoms with Crippen LogP contribution in [-0.2, 0) is 16.1 Å². The number of aromatic hydroxyl groups is 1. The molecule has 5 heteroatoms. The van der Waals surface area contributed by atoms with Gasteiger partial charge in [-0.25, -0.2) is 0 Å². The van der Waals surface area contributed by atoms with Gasteiger partial charge in [0.15, 0.2) is 0 Å². The van der Waals surface area contributed by atoms with Crippen LogP contribution in [0.4, 0.5) is 0 Å². The first kappa shape index (κ1) is 15.6. The summed E-state index contributed by atoms with van der Waals surface area (Å²) < 4.78 is 4.65. The summed E-state index contributed by atoms with van der Waals surface area (Å²) >= 11 is 0. The third-order valence-electron chi connectivity index (χ3n) is 3.14. The van der Waals surface area contributed by atoms with Gasteiger partial charge in [-0.2, -0.15) is 0 Å². The molecule has 2 rings (SSSR count). The SMILES string of the molecule is COC(=O)CN(Cc1ccccc1)C(=O)c1cccc(O)c1. The molecule has 0 fully saturated rings. The molecule has 114 valence electrons. The first-order chi connectivity index (χ1) is 10.6. The van der Waals surface area contributed by atoms with Crippen LogP contribution in [0.25, 0.3) is 0 Å². The van der Waals surface area contributed by atoms with Crippen LogP contribution in [0.1, 0.15) is 15.9 Å². The van der Waals surface area contributed by atoms with Crippen molar-refractivity contribution in [2.45, 2.75) is 6.54 Å². The van der Waals surface area contributed by atoms with Crippen molar-refractivity contribution in [3.05, 3.63) is 65.7 Å². The Morgan fingerprint density at radius 3 is 2.45 bits per heavy atom. The molecule has 0 saturated carbocycles. The molecule has 0 saturated heterocycles. The van der Waals surface area contributed by atoms with Gasteiger partial charge in [0.1, 0.15) is 12.3 Å². The Morgan fingerprint density at radius 1 is 1.09 bits per heavy atom. The second-order valence-corrected chi connectivity index (χ2v) is 4.77. The summed E-state index contributed by atoms with van der Waals surface area (Å²) in [7, 11) is 1.28. The van der Waals surface area contributed by atoms with Crippen molar-refractivity contribution in [3.8, 4) is 5.75 Å². The topological polar surface area (TPSA) is 66.8 Å². The molecule has 0 heterocycles. The van der Waals surface area contributed by atoms with Gasteiger partial charge in [-0.05, 0) is 23.8 Å². The van der Waals surface area contributed by atoms with Crippen molar-refractivity contribution >= 4 is 11.9 Å². The second-order valence-electron chi connectivity index (χ2n) is 4.77. The van der Waals surface area contributed by atoms with Crippen molar-refractivity contribution in [2.75, 3.05) is 13.7 Å². The molecule has 0 bridgehead atoms. The minimum absolute atomic E-state index is 0.00331. The average molecular weight is 299 g/mol. The van der Waals surface area contributed by atoms with Crippen molar-refractivity contribution in [3.63, 3.8) is 0 Å². The summed E-state index contributed by atoms with van der Waals surface area (Å²) in [4.78, 5) is 25.5. The maximum atomic E-state index is 12.6. The fourth-order valence-corrected chi connectivity index (χ4v) is 2.05. The quantitative estimate of drug-likeness (QED) is 0.860. The van der Waals surface area contributed by atoms with Gasteiger partial charge in [0, 0.05) is 12.1 Å². The molecule has 0 spiro atoms. The van der Waals surface area contributed by atoms with Crippen molar-refractivity contribution < 1.29 is 19.4 Å². The molecular weight excluding hydrogens is 282 g/mol. The molecule has 0 aromatic heterocycles. The van der Waals surface area contributed by atoms with E-state index in [-0.39, 0.29) is 24.7 Å². The minimum Gasteiger partial charge on any atom is -0.508 e. The average Bonchev–Trinajstić information content (AvgIpc) is 2.54. The Balaban J connectivity index is 2.23. The number of methoxy groups -OCH3 is 1. The number of carbonyl (C=O) groups is 2. The molecule has 1 N–H and O–H groups in total. The summed E-state index contributed by atoms with van der Waals surface area (Å²) in [5, 5.41) is 9.50. The lowest BCUT2D eigenvalue weighted by Gasteiger charge is -2.21. The van der Waals surface area contributed by atoms with Gasteiger partial charge in [0.05, 0.1) is 7.11 Å². The number of phenols is 1. The largest absolute Gasteiger partial charge is 0.508 e. The standard InChI is InChI=1S/C17H17NO4/c1-22-16(20)12-18(11-13-6-3-2-4-7-13)17(21)14-8-5-9-15(19)10-14/h2-10,19H,11-12H2,1H3. The lowest BCUT2D eigenvalue weighted by Crippen LogP contribution is -2.35. The van der Waals surface area contributed by atoms with Gasteiger partial charge < -0.3 is 14.7 Å². The number of nitrogens with zero attached hydrogens (tertiary/aromatic N) is 1. The molecule has 0 radical (unpaired) electrons. The number of amides is 1. The Labute approximate surface area is 128 Å². The Kier molecular flexibility index (Phi) is 5.14. The van der Waals surface area contributed by atoms with E-state index in [2.05, 4.69) is 4.74 Å². The molecule has 2 aromatic rings. The molecule has 2 aromatic carbocycles. The number of benzene rings is 2. The van der Waals surface area contributed by atoms with Crippen LogP contribution in [0.3, 0.4) is 0 Å². The number of rotatable bonds is 5. The van der Waals surface area contributed by atoms with E-state index >= 15 is 0 Å². The molecular formula is C17H17NO4. The smallest absolute Gasteiger partial charge is 0.325 e. The van der Waals surface area contributed by atoms with E-state index in [0.717, 1.165) is 5.56 Å². The number of phenolic OH excluding ortho intramolecular Hbond substituents is 1. The third-order valence-corrected chi connectivity index (χ3v) is 3.14. The molecule has 22 heavy (non-hydrogen) atoms. The van der Waals surface area contributed by atoms with E-state index in [0.29, 0.717) is 5.56 Å². The maximum Gasteiger partial charge on any atom is 0.325 e. The van der Waals surface area contributed by atoms with Crippen molar-refractivity contribution in [1.29, 1.82) is 0 Å². The number of hydrogen-bond acceptors (Lipinski definition) is 4. The van der Waals surface area contributed by atoms with Crippen molar-refractivity contribution in [2.24, 2.45) is 0 Å². The van der Waals surface area contributed by atoms with Gasteiger partial charge >= 0.3 is 5.97 Å². The van der Waals surface area contributed by atoms with Gasteiger partial charge in [-0.15, -0.1) is 0 Å². The van der Waals surface area contributed by atoms with E-state index in [1.807, 2.05) is 30.3 Å². The van der Waals surface area contributed by atoms with E-state index in [4.69, 9.17) is 0 Å². The van der Waals surface area contributed by atoms with E-state index in [1.165, 1.54) is 24.1 Å². The van der Waals surface area contributed by atoms with Crippen LogP contribution in [0, 0.1) is 0 Å². The summed E-state index contributed by atoms with van der Waals surface area (Å²) in [5.41, 5.74) is 1.22. The van der Waals surface area contributed by atoms with Crippen LogP contribution in [0.15, 0.2) is 54.6 Å². The van der Waals surface area contributed by atoms with Crippen LogP contribution in [0.2, 0.25) is 0 Å². The van der Waals surface area contributed by atoms with Gasteiger partial charge in [0.25, 0.3) is 5.91 Å². The van der Waals surface area contributed by atoms with Crippen LogP contribution >= 0.6 is 0 Å². The lowest BCUT2D eigenvalue weighted by atomic mass is 10.1. The first-order valence-corrected chi connectivity index (χ1v) is 6.79. The zero-order valence-corrected chi connectivity index (χ0v) is 12.2. The molecule has 1 amide bonds. The van der Waals surface area contributed by atoms with Gasteiger partial charge in [-0.1, -0.05) is 36.4 Å². The van der Waals surface area contributed by atoms with Crippen molar-refractivity contribution in [1.82, 2.24) is 4.90 Å². The minimum atomic E-state index is -0.496. The zero-order valence-electron chi connectivity index (χ0n) is 12.2. The van der Waals surface area contributed by atoms with E-state index in [1.54, 1.807) is 12.1 Å². The van der Waals surface area contributed by atoms with Crippen LogP contribution < -0.4 is 0 Å². The van der Waals surface area contributed by atoms with Crippen LogP contribution in [0.5, 0.6) is 5.75 Å². The van der Waals surface area contributed by atoms with Gasteiger partial charge in [0.2, 0.25) is 0 Å². The Hall–Kier alpha value is -2.82. The maximum absolute atomic E-state index is 12.6. The normalized spacial score (nSPS) is 10.0. The number of esters is 1. The lowest BCUT2D eigenvalue weighted by molar-refractivity contribution is -0.141. The third kappa shape index (κ3) is 4.09. The highest BCUT2D eigenvalue weighted by Crippen LogP contribution is 2.15. The molecule has 0 aliphatic carbocycles. The molecule has 0 aliphatic heterocycles. The predicted octanol–water partition coefficient (Wildman–Crippen LogP) is 2.21. The number of hydrogen-bond donors (Lipinski definition) is 1. The zero-order chi connectivity index (χ0) is 15.9. The highest BCUT2D eigenvalue weighted by Gasteiger charge is 2.19. The fraction of sp³-hybridized carbons (Fsp3) is 0.176. The van der Waals surface area contributed by atoms with E-state index < -0.39 is 5.97 Å². The molecule has 5 nitrogen and oxygen atoms in total. The van der Waals surface area contributed by atoms with E-state index in [9.17, 15) is 14.7 Å². The summed E-state index contributed by atoms with van der Waals surface area (Å²) in [6, 6.07) is 15.4. The highest BCUT2D eigenvalue weighted by atomic mass is 16.5. The fourth-order valence-electron chi connectivity index (χ4n) is 2.05. The summed E-state index contributed by atoms with van der Waals surface area (Å²) in [5.74, 6) is -0.835. The Morgan fingerprint density at radius 2 is 1.82 bits per heavy atom.